The van der Waals surface area contributed by atoms with Gasteiger partial charge in [0.05, 0.1) is 13.2 Å². The Morgan fingerprint density at radius 3 is 2.85 bits per heavy atom. The first kappa shape index (κ1) is 14.6. The van der Waals surface area contributed by atoms with Crippen LogP contribution < -0.4 is 4.74 Å². The van der Waals surface area contributed by atoms with E-state index in [1.807, 2.05) is 0 Å². The summed E-state index contributed by atoms with van der Waals surface area (Å²) in [6.07, 6.45) is 1.73. The van der Waals surface area contributed by atoms with Gasteiger partial charge in [-0.05, 0) is 44.0 Å². The fraction of sp³-hybridized carbons (Fsp3) is 0.533. The van der Waals surface area contributed by atoms with Crippen molar-refractivity contribution in [1.82, 2.24) is 4.90 Å². The van der Waals surface area contributed by atoms with Crippen molar-refractivity contribution in [1.29, 1.82) is 0 Å². The second-order valence-corrected chi connectivity index (χ2v) is 4.92. The van der Waals surface area contributed by atoms with E-state index in [1.54, 1.807) is 24.0 Å². The predicted molar refractivity (Wildman–Crippen MR) is 73.2 cm³/mol. The number of likely N-dealkylation sites (tertiary alicyclic amines) is 1. The van der Waals surface area contributed by atoms with E-state index in [2.05, 4.69) is 0 Å². The maximum Gasteiger partial charge on any atom is 0.409 e. The normalized spacial score (nSPS) is 18.7. The number of piperidine rings is 1. The number of rotatable bonds is 4. The number of halogens is 1. The molecule has 0 aromatic heterocycles. The molecule has 0 bridgehead atoms. The fourth-order valence-electron chi connectivity index (χ4n) is 2.33. The first-order valence-corrected chi connectivity index (χ1v) is 6.99. The number of hydrogen-bond acceptors (Lipinski definition) is 3. The summed E-state index contributed by atoms with van der Waals surface area (Å²) >= 11 is 0. The Labute approximate surface area is 118 Å². The lowest BCUT2D eigenvalue weighted by atomic mass is 9.99. The van der Waals surface area contributed by atoms with Gasteiger partial charge in [-0.3, -0.25) is 0 Å². The molecule has 0 radical (unpaired) electrons. The molecule has 4 nitrogen and oxygen atoms in total. The summed E-state index contributed by atoms with van der Waals surface area (Å²) in [6.45, 7) is 4.12. The summed E-state index contributed by atoms with van der Waals surface area (Å²) in [7, 11) is 0. The molecule has 1 amide bonds. The van der Waals surface area contributed by atoms with Gasteiger partial charge >= 0.3 is 6.09 Å². The van der Waals surface area contributed by atoms with Crippen LogP contribution in [0.2, 0.25) is 0 Å². The van der Waals surface area contributed by atoms with Gasteiger partial charge < -0.3 is 14.4 Å². The van der Waals surface area contributed by atoms with Gasteiger partial charge in [0.25, 0.3) is 0 Å². The van der Waals surface area contributed by atoms with Crippen molar-refractivity contribution in [2.45, 2.75) is 19.8 Å². The Kier molecular flexibility index (Phi) is 5.21. The summed E-state index contributed by atoms with van der Waals surface area (Å²) in [4.78, 5) is 13.4. The minimum Gasteiger partial charge on any atom is -0.493 e. The smallest absolute Gasteiger partial charge is 0.409 e. The van der Waals surface area contributed by atoms with E-state index in [1.165, 1.54) is 12.1 Å². The van der Waals surface area contributed by atoms with Gasteiger partial charge in [0, 0.05) is 19.0 Å². The van der Waals surface area contributed by atoms with Crippen molar-refractivity contribution in [3.05, 3.63) is 30.1 Å². The van der Waals surface area contributed by atoms with Crippen molar-refractivity contribution >= 4 is 6.09 Å². The molecule has 1 aliphatic rings. The highest BCUT2D eigenvalue weighted by Gasteiger charge is 2.24. The Balaban J connectivity index is 1.80. The molecule has 20 heavy (non-hydrogen) atoms. The number of carbonyl (C=O) groups excluding carboxylic acids is 1. The van der Waals surface area contributed by atoms with Gasteiger partial charge in [0.15, 0.2) is 0 Å². The van der Waals surface area contributed by atoms with Gasteiger partial charge in [-0.25, -0.2) is 9.18 Å². The Bertz CT molecular complexity index is 435. The van der Waals surface area contributed by atoms with Crippen LogP contribution >= 0.6 is 0 Å². The minimum atomic E-state index is -0.275. The zero-order valence-corrected chi connectivity index (χ0v) is 11.7. The molecule has 1 fully saturated rings. The molecule has 1 aromatic carbocycles. The first-order valence-electron chi connectivity index (χ1n) is 6.99. The van der Waals surface area contributed by atoms with E-state index in [0.717, 1.165) is 19.4 Å². The quantitative estimate of drug-likeness (QED) is 0.851. The van der Waals surface area contributed by atoms with Crippen molar-refractivity contribution in [2.24, 2.45) is 5.92 Å². The number of nitrogens with zero attached hydrogens (tertiary/aromatic N) is 1. The molecule has 1 atom stereocenters. The molecule has 1 aliphatic heterocycles. The van der Waals surface area contributed by atoms with Crippen molar-refractivity contribution < 1.29 is 18.7 Å². The SMILES string of the molecule is CCOC(=O)N1CCCC(COc2ccc(F)cc2)C1. The highest BCUT2D eigenvalue weighted by molar-refractivity contribution is 5.67. The highest BCUT2D eigenvalue weighted by Crippen LogP contribution is 2.19. The van der Waals surface area contributed by atoms with Gasteiger partial charge in [-0.2, -0.15) is 0 Å². The number of hydrogen-bond donors (Lipinski definition) is 0. The monoisotopic (exact) mass is 281 g/mol. The van der Waals surface area contributed by atoms with E-state index >= 15 is 0 Å². The lowest BCUT2D eigenvalue weighted by Gasteiger charge is -2.31. The molecule has 2 rings (SSSR count). The Morgan fingerprint density at radius 1 is 1.40 bits per heavy atom. The molecule has 0 N–H and O–H groups in total. The minimum absolute atomic E-state index is 0.251. The summed E-state index contributed by atoms with van der Waals surface area (Å²) in [5.74, 6) is 0.668. The molecule has 1 heterocycles. The zero-order valence-electron chi connectivity index (χ0n) is 11.7. The number of ether oxygens (including phenoxy) is 2. The molecule has 1 saturated heterocycles. The average molecular weight is 281 g/mol. The molecule has 1 unspecified atom stereocenters. The number of benzene rings is 1. The third-order valence-corrected chi connectivity index (χ3v) is 3.34. The third-order valence-electron chi connectivity index (χ3n) is 3.34. The summed E-state index contributed by atoms with van der Waals surface area (Å²) in [5.41, 5.74) is 0. The molecule has 0 spiro atoms. The lowest BCUT2D eigenvalue weighted by molar-refractivity contribution is 0.0790. The molecular weight excluding hydrogens is 261 g/mol. The van der Waals surface area contributed by atoms with Crippen LogP contribution in [-0.4, -0.2) is 37.3 Å². The van der Waals surface area contributed by atoms with Gasteiger partial charge in [0.2, 0.25) is 0 Å². The second-order valence-electron chi connectivity index (χ2n) is 4.92. The zero-order chi connectivity index (χ0) is 14.4. The van der Waals surface area contributed by atoms with Crippen LogP contribution in [0, 0.1) is 11.7 Å². The molecule has 1 aromatic rings. The van der Waals surface area contributed by atoms with E-state index < -0.39 is 0 Å². The topological polar surface area (TPSA) is 38.8 Å². The van der Waals surface area contributed by atoms with Crippen molar-refractivity contribution in [2.75, 3.05) is 26.3 Å². The summed E-state index contributed by atoms with van der Waals surface area (Å²) in [5, 5.41) is 0. The first-order chi connectivity index (χ1) is 9.69. The van der Waals surface area contributed by atoms with Crippen LogP contribution in [0.5, 0.6) is 5.75 Å². The summed E-state index contributed by atoms with van der Waals surface area (Å²) in [6, 6.07) is 5.98. The summed E-state index contributed by atoms with van der Waals surface area (Å²) < 4.78 is 23.4. The van der Waals surface area contributed by atoms with Crippen LogP contribution in [0.3, 0.4) is 0 Å². The average Bonchev–Trinajstić information content (AvgIpc) is 2.47. The van der Waals surface area contributed by atoms with Crippen LogP contribution in [0.1, 0.15) is 19.8 Å². The second kappa shape index (κ2) is 7.12. The van der Waals surface area contributed by atoms with Crippen molar-refractivity contribution in [3.8, 4) is 5.75 Å². The van der Waals surface area contributed by atoms with E-state index in [0.29, 0.717) is 31.4 Å². The standard InChI is InChI=1S/C15H20FNO3/c1-2-19-15(18)17-9-3-4-12(10-17)11-20-14-7-5-13(16)6-8-14/h5-8,12H,2-4,9-11H2,1H3. The molecular formula is C15H20FNO3. The Morgan fingerprint density at radius 2 is 2.15 bits per heavy atom. The number of amides is 1. The molecule has 5 heteroatoms. The highest BCUT2D eigenvalue weighted by atomic mass is 19.1. The van der Waals surface area contributed by atoms with E-state index in [-0.39, 0.29) is 11.9 Å². The largest absolute Gasteiger partial charge is 0.493 e. The van der Waals surface area contributed by atoms with Gasteiger partial charge in [-0.15, -0.1) is 0 Å². The van der Waals surface area contributed by atoms with E-state index in [9.17, 15) is 9.18 Å². The Hall–Kier alpha value is -1.78. The van der Waals surface area contributed by atoms with Crippen LogP contribution in [0.25, 0.3) is 0 Å². The van der Waals surface area contributed by atoms with E-state index in [4.69, 9.17) is 9.47 Å². The van der Waals surface area contributed by atoms with Gasteiger partial charge in [0.1, 0.15) is 11.6 Å². The fourth-order valence-corrected chi connectivity index (χ4v) is 2.33. The third kappa shape index (κ3) is 4.11. The van der Waals surface area contributed by atoms with Crippen molar-refractivity contribution in [3.63, 3.8) is 0 Å². The maximum atomic E-state index is 12.8. The predicted octanol–water partition coefficient (Wildman–Crippen LogP) is 3.07. The van der Waals surface area contributed by atoms with Crippen LogP contribution in [-0.2, 0) is 4.74 Å². The van der Waals surface area contributed by atoms with Crippen LogP contribution in [0.15, 0.2) is 24.3 Å². The van der Waals surface area contributed by atoms with Gasteiger partial charge in [-0.1, -0.05) is 0 Å². The molecule has 0 aliphatic carbocycles. The molecule has 0 saturated carbocycles. The maximum absolute atomic E-state index is 12.8. The number of carbonyl (C=O) groups is 1. The molecule has 110 valence electrons. The lowest BCUT2D eigenvalue weighted by Crippen LogP contribution is -2.41. The van der Waals surface area contributed by atoms with Crippen LogP contribution in [0.4, 0.5) is 9.18 Å².